The van der Waals surface area contributed by atoms with Gasteiger partial charge in [0.05, 0.1) is 29.5 Å². The van der Waals surface area contributed by atoms with E-state index in [9.17, 15) is 22.4 Å². The lowest BCUT2D eigenvalue weighted by Crippen LogP contribution is -2.36. The van der Waals surface area contributed by atoms with E-state index in [0.717, 1.165) is 23.9 Å². The molecule has 5 rings (SSSR count). The summed E-state index contributed by atoms with van der Waals surface area (Å²) in [4.78, 5) is 18.4. The van der Waals surface area contributed by atoms with Crippen LogP contribution in [-0.4, -0.2) is 42.3 Å². The molecule has 0 bridgehead atoms. The average molecular weight is 430 g/mol. The van der Waals surface area contributed by atoms with Crippen LogP contribution in [0.4, 0.5) is 17.6 Å². The molecule has 158 valence electrons. The van der Waals surface area contributed by atoms with E-state index in [1.165, 1.54) is 15.6 Å². The zero-order chi connectivity index (χ0) is 21.9. The number of halogens is 4. The Morgan fingerprint density at radius 2 is 1.87 bits per heavy atom. The largest absolute Gasteiger partial charge is 0.331 e. The molecule has 4 heterocycles. The van der Waals surface area contributed by atoms with Crippen molar-refractivity contribution in [2.24, 2.45) is 7.05 Å². The smallest absolute Gasteiger partial charge is 0.275 e. The number of benzene rings is 1. The number of carbonyl (C=O) groups excluding carboxylic acids is 1. The zero-order valence-corrected chi connectivity index (χ0v) is 16.1. The van der Waals surface area contributed by atoms with Gasteiger partial charge < -0.3 is 4.90 Å². The molecule has 1 N–H and O–H groups in total. The van der Waals surface area contributed by atoms with E-state index in [-0.39, 0.29) is 29.7 Å². The molecule has 0 atom stereocenters. The van der Waals surface area contributed by atoms with Gasteiger partial charge in [0.1, 0.15) is 5.82 Å². The summed E-state index contributed by atoms with van der Waals surface area (Å²) in [5.74, 6) is -5.12. The second-order valence-electron chi connectivity index (χ2n) is 7.25. The van der Waals surface area contributed by atoms with E-state index < -0.39 is 29.2 Å². The molecule has 0 saturated carbocycles. The van der Waals surface area contributed by atoms with Gasteiger partial charge in [-0.25, -0.2) is 22.5 Å². The van der Waals surface area contributed by atoms with Crippen LogP contribution in [0.3, 0.4) is 0 Å². The number of nitrogens with one attached hydrogen (secondary N) is 1. The van der Waals surface area contributed by atoms with Crippen LogP contribution < -0.4 is 0 Å². The number of aromatic nitrogens is 5. The van der Waals surface area contributed by atoms with Crippen LogP contribution in [0.2, 0.25) is 0 Å². The van der Waals surface area contributed by atoms with Gasteiger partial charge in [-0.1, -0.05) is 0 Å². The van der Waals surface area contributed by atoms with Crippen molar-refractivity contribution in [1.29, 1.82) is 0 Å². The van der Waals surface area contributed by atoms with Gasteiger partial charge in [0, 0.05) is 24.7 Å². The number of carbonyl (C=O) groups is 1. The van der Waals surface area contributed by atoms with Gasteiger partial charge in [-0.15, -0.1) is 0 Å². The molecule has 0 unspecified atom stereocenters. The van der Waals surface area contributed by atoms with Crippen LogP contribution in [0.15, 0.2) is 24.4 Å². The molecule has 7 nitrogen and oxygen atoms in total. The Kier molecular flexibility index (Phi) is 4.27. The molecule has 11 heteroatoms. The first-order chi connectivity index (χ1) is 14.8. The Labute approximate surface area is 172 Å². The van der Waals surface area contributed by atoms with Crippen molar-refractivity contribution in [3.63, 3.8) is 0 Å². The first-order valence-electron chi connectivity index (χ1n) is 9.32. The number of rotatable bonds is 2. The summed E-state index contributed by atoms with van der Waals surface area (Å²) in [5, 5.41) is 11.2. The summed E-state index contributed by atoms with van der Waals surface area (Å²) >= 11 is 0. The van der Waals surface area contributed by atoms with Gasteiger partial charge in [0.25, 0.3) is 5.91 Å². The Bertz CT molecular complexity index is 1340. The average Bonchev–Trinajstić information content (AvgIpc) is 3.30. The van der Waals surface area contributed by atoms with E-state index >= 15 is 0 Å². The fourth-order valence-corrected chi connectivity index (χ4v) is 3.94. The van der Waals surface area contributed by atoms with E-state index in [1.807, 2.05) is 0 Å². The predicted molar refractivity (Wildman–Crippen MR) is 101 cm³/mol. The Morgan fingerprint density at radius 1 is 1.13 bits per heavy atom. The number of aryl methyl sites for hydroxylation is 1. The molecule has 1 amide bonds. The molecule has 0 radical (unpaired) electrons. The van der Waals surface area contributed by atoms with Crippen LogP contribution in [0.5, 0.6) is 0 Å². The standard InChI is InChI=1S/C20H14F4N6O/c1-29-18(9-4-13(22)16(24)14(23)5-9)11-2-3-30(8-15(11)28-29)20(31)17-12-6-10(21)7-25-19(12)27-26-17/h4-7H,2-3,8H2,1H3,(H,25,26,27). The molecule has 1 aliphatic heterocycles. The molecular weight excluding hydrogens is 416 g/mol. The highest BCUT2D eigenvalue weighted by Gasteiger charge is 2.30. The Morgan fingerprint density at radius 3 is 2.61 bits per heavy atom. The minimum atomic E-state index is -1.53. The monoisotopic (exact) mass is 430 g/mol. The lowest BCUT2D eigenvalue weighted by atomic mass is 9.99. The lowest BCUT2D eigenvalue weighted by molar-refractivity contribution is 0.0728. The summed E-state index contributed by atoms with van der Waals surface area (Å²) in [5.41, 5.74) is 2.22. The number of hydrogen-bond acceptors (Lipinski definition) is 4. The number of nitrogens with zero attached hydrogens (tertiary/aromatic N) is 5. The highest BCUT2D eigenvalue weighted by Crippen LogP contribution is 2.32. The van der Waals surface area contributed by atoms with E-state index in [4.69, 9.17) is 0 Å². The molecule has 0 saturated heterocycles. The normalized spacial score (nSPS) is 13.6. The number of pyridine rings is 1. The topological polar surface area (TPSA) is 79.7 Å². The highest BCUT2D eigenvalue weighted by molar-refractivity contribution is 6.03. The van der Waals surface area contributed by atoms with Crippen molar-refractivity contribution >= 4 is 16.9 Å². The van der Waals surface area contributed by atoms with Crippen molar-refractivity contribution in [2.75, 3.05) is 6.54 Å². The van der Waals surface area contributed by atoms with Gasteiger partial charge in [-0.3, -0.25) is 14.6 Å². The minimum absolute atomic E-state index is 0.0456. The number of amides is 1. The molecule has 1 aliphatic rings. The first-order valence-corrected chi connectivity index (χ1v) is 9.32. The van der Waals surface area contributed by atoms with Gasteiger partial charge in [0.15, 0.2) is 28.8 Å². The fourth-order valence-electron chi connectivity index (χ4n) is 3.94. The molecule has 31 heavy (non-hydrogen) atoms. The van der Waals surface area contributed by atoms with Crippen molar-refractivity contribution in [1.82, 2.24) is 29.9 Å². The second kappa shape index (κ2) is 6.89. The molecule has 0 spiro atoms. The van der Waals surface area contributed by atoms with E-state index in [1.54, 1.807) is 7.05 Å². The van der Waals surface area contributed by atoms with E-state index in [0.29, 0.717) is 23.5 Å². The molecule has 1 aromatic carbocycles. The number of fused-ring (bicyclic) bond motifs is 2. The predicted octanol–water partition coefficient (Wildman–Crippen LogP) is 3.11. The Balaban J connectivity index is 1.49. The third kappa shape index (κ3) is 3.04. The zero-order valence-electron chi connectivity index (χ0n) is 16.1. The van der Waals surface area contributed by atoms with Crippen LogP contribution in [0, 0.1) is 23.3 Å². The van der Waals surface area contributed by atoms with Crippen molar-refractivity contribution in [3.05, 3.63) is 64.6 Å². The molecular formula is C20H14F4N6O. The highest BCUT2D eigenvalue weighted by atomic mass is 19.2. The summed E-state index contributed by atoms with van der Waals surface area (Å²) in [6.45, 7) is 0.416. The number of H-pyrrole nitrogens is 1. The SMILES string of the molecule is Cn1nc2c(c1-c1cc(F)c(F)c(F)c1)CCN(C(=O)c1n[nH]c3ncc(F)cc13)C2. The molecule has 0 fully saturated rings. The maximum Gasteiger partial charge on any atom is 0.275 e. The number of hydrogen-bond donors (Lipinski definition) is 1. The summed E-state index contributed by atoms with van der Waals surface area (Å²) in [6.07, 6.45) is 1.39. The quantitative estimate of drug-likeness (QED) is 0.392. The van der Waals surface area contributed by atoms with Crippen LogP contribution in [0.1, 0.15) is 21.7 Å². The van der Waals surface area contributed by atoms with Gasteiger partial charge in [-0.2, -0.15) is 10.2 Å². The lowest BCUT2D eigenvalue weighted by Gasteiger charge is -2.26. The van der Waals surface area contributed by atoms with Crippen LogP contribution in [0.25, 0.3) is 22.3 Å². The van der Waals surface area contributed by atoms with E-state index in [2.05, 4.69) is 20.3 Å². The molecule has 4 aromatic rings. The summed E-state index contributed by atoms with van der Waals surface area (Å²) in [7, 11) is 1.61. The minimum Gasteiger partial charge on any atom is -0.331 e. The summed E-state index contributed by atoms with van der Waals surface area (Å²) < 4.78 is 55.8. The third-order valence-corrected chi connectivity index (χ3v) is 5.33. The maximum atomic E-state index is 13.7. The second-order valence-corrected chi connectivity index (χ2v) is 7.25. The van der Waals surface area contributed by atoms with Gasteiger partial charge in [0.2, 0.25) is 0 Å². The molecule has 3 aromatic heterocycles. The van der Waals surface area contributed by atoms with Gasteiger partial charge in [-0.05, 0) is 24.6 Å². The van der Waals surface area contributed by atoms with Crippen molar-refractivity contribution in [2.45, 2.75) is 13.0 Å². The maximum absolute atomic E-state index is 13.7. The molecule has 0 aliphatic carbocycles. The van der Waals surface area contributed by atoms with Crippen LogP contribution >= 0.6 is 0 Å². The third-order valence-electron chi connectivity index (χ3n) is 5.33. The van der Waals surface area contributed by atoms with Crippen molar-refractivity contribution < 1.29 is 22.4 Å². The van der Waals surface area contributed by atoms with Gasteiger partial charge >= 0.3 is 0 Å². The van der Waals surface area contributed by atoms with Crippen molar-refractivity contribution in [3.8, 4) is 11.3 Å². The Hall–Kier alpha value is -3.76. The number of aromatic amines is 1. The fraction of sp³-hybridized carbons (Fsp3) is 0.200. The first kappa shape index (κ1) is 19.2. The van der Waals surface area contributed by atoms with Crippen LogP contribution in [-0.2, 0) is 20.0 Å². The summed E-state index contributed by atoms with van der Waals surface area (Å²) in [6, 6.07) is 3.03.